The smallest absolute Gasteiger partial charge is 0.0128 e. The summed E-state index contributed by atoms with van der Waals surface area (Å²) in [6, 6.07) is 0. The van der Waals surface area contributed by atoms with Crippen LogP contribution in [0.2, 0.25) is 0 Å². The van der Waals surface area contributed by atoms with Gasteiger partial charge in [0, 0.05) is 5.54 Å². The van der Waals surface area contributed by atoms with Gasteiger partial charge >= 0.3 is 0 Å². The molecule has 0 aromatic rings. The Labute approximate surface area is 90.5 Å². The monoisotopic (exact) mass is 199 g/mol. The van der Waals surface area contributed by atoms with Crippen LogP contribution in [0.25, 0.3) is 0 Å². The number of hydrogen-bond donors (Lipinski definition) is 1. The van der Waals surface area contributed by atoms with Crippen LogP contribution in [-0.4, -0.2) is 5.54 Å². The summed E-state index contributed by atoms with van der Waals surface area (Å²) >= 11 is 0. The number of rotatable bonds is 7. The summed E-state index contributed by atoms with van der Waals surface area (Å²) in [5.74, 6) is 1.45. The zero-order valence-electron chi connectivity index (χ0n) is 10.8. The zero-order valence-corrected chi connectivity index (χ0v) is 10.8. The SMILES string of the molecule is CCCCC(C(C)CCC)C(C)(C)N. The lowest BCUT2D eigenvalue weighted by molar-refractivity contribution is 0.201. The normalized spacial score (nSPS) is 16.7. The third kappa shape index (κ3) is 4.99. The number of nitrogens with two attached hydrogens (primary N) is 1. The van der Waals surface area contributed by atoms with Crippen molar-refractivity contribution in [2.75, 3.05) is 0 Å². The lowest BCUT2D eigenvalue weighted by atomic mass is 9.75. The predicted molar refractivity (Wildman–Crippen MR) is 65.4 cm³/mol. The molecule has 1 heteroatoms. The molecule has 2 atom stereocenters. The molecule has 2 N–H and O–H groups in total. The Morgan fingerprint density at radius 2 is 1.64 bits per heavy atom. The van der Waals surface area contributed by atoms with Gasteiger partial charge in [0.15, 0.2) is 0 Å². The Morgan fingerprint density at radius 1 is 1.07 bits per heavy atom. The first-order valence-corrected chi connectivity index (χ1v) is 6.22. The van der Waals surface area contributed by atoms with Crippen molar-refractivity contribution in [2.24, 2.45) is 17.6 Å². The summed E-state index contributed by atoms with van der Waals surface area (Å²) in [5.41, 5.74) is 6.24. The largest absolute Gasteiger partial charge is 0.325 e. The molecule has 0 bridgehead atoms. The van der Waals surface area contributed by atoms with Crippen LogP contribution < -0.4 is 5.73 Å². The van der Waals surface area contributed by atoms with Crippen LogP contribution in [0.15, 0.2) is 0 Å². The Hall–Kier alpha value is -0.0400. The average molecular weight is 199 g/mol. The Morgan fingerprint density at radius 3 is 2.00 bits per heavy atom. The highest BCUT2D eigenvalue weighted by molar-refractivity contribution is 4.85. The topological polar surface area (TPSA) is 26.0 Å². The van der Waals surface area contributed by atoms with Crippen molar-refractivity contribution >= 4 is 0 Å². The van der Waals surface area contributed by atoms with Gasteiger partial charge < -0.3 is 5.73 Å². The molecular weight excluding hydrogens is 170 g/mol. The first-order valence-electron chi connectivity index (χ1n) is 6.22. The lowest BCUT2D eigenvalue weighted by Crippen LogP contribution is -2.44. The Bertz CT molecular complexity index is 135. The fourth-order valence-corrected chi connectivity index (χ4v) is 2.47. The molecule has 14 heavy (non-hydrogen) atoms. The average Bonchev–Trinajstić information content (AvgIpc) is 2.03. The van der Waals surface area contributed by atoms with Crippen molar-refractivity contribution in [3.8, 4) is 0 Å². The summed E-state index contributed by atoms with van der Waals surface area (Å²) in [4.78, 5) is 0. The Balaban J connectivity index is 4.23. The van der Waals surface area contributed by atoms with Gasteiger partial charge in [0.1, 0.15) is 0 Å². The van der Waals surface area contributed by atoms with Gasteiger partial charge in [0.05, 0.1) is 0 Å². The summed E-state index contributed by atoms with van der Waals surface area (Å²) in [5, 5.41) is 0. The summed E-state index contributed by atoms with van der Waals surface area (Å²) in [6.07, 6.45) is 6.49. The molecule has 0 saturated carbocycles. The molecule has 0 aliphatic heterocycles. The van der Waals surface area contributed by atoms with Crippen molar-refractivity contribution in [3.05, 3.63) is 0 Å². The fraction of sp³-hybridized carbons (Fsp3) is 1.00. The van der Waals surface area contributed by atoms with Crippen LogP contribution in [0.3, 0.4) is 0 Å². The highest BCUT2D eigenvalue weighted by atomic mass is 14.7. The minimum absolute atomic E-state index is 0.0102. The highest BCUT2D eigenvalue weighted by Gasteiger charge is 2.28. The molecule has 0 aliphatic rings. The second kappa shape index (κ2) is 6.44. The van der Waals surface area contributed by atoms with Crippen LogP contribution in [0, 0.1) is 11.8 Å². The van der Waals surface area contributed by atoms with Crippen molar-refractivity contribution in [1.29, 1.82) is 0 Å². The zero-order chi connectivity index (χ0) is 11.2. The van der Waals surface area contributed by atoms with Crippen molar-refractivity contribution in [3.63, 3.8) is 0 Å². The van der Waals surface area contributed by atoms with Gasteiger partial charge in [-0.25, -0.2) is 0 Å². The molecule has 0 amide bonds. The van der Waals surface area contributed by atoms with Gasteiger partial charge in [-0.3, -0.25) is 0 Å². The molecule has 0 saturated heterocycles. The summed E-state index contributed by atoms with van der Waals surface area (Å²) < 4.78 is 0. The molecule has 0 fully saturated rings. The van der Waals surface area contributed by atoms with Gasteiger partial charge in [-0.15, -0.1) is 0 Å². The minimum atomic E-state index is -0.0102. The quantitative estimate of drug-likeness (QED) is 0.659. The van der Waals surface area contributed by atoms with Gasteiger partial charge in [-0.1, -0.05) is 46.5 Å². The standard InChI is InChI=1S/C13H29N/c1-6-8-10-12(13(4,5)14)11(3)9-7-2/h11-12H,6-10,14H2,1-5H3. The van der Waals surface area contributed by atoms with E-state index in [-0.39, 0.29) is 5.54 Å². The third-order valence-electron chi connectivity index (χ3n) is 3.26. The molecule has 0 rings (SSSR count). The summed E-state index contributed by atoms with van der Waals surface area (Å²) in [6.45, 7) is 11.2. The van der Waals surface area contributed by atoms with Crippen LogP contribution in [-0.2, 0) is 0 Å². The first kappa shape index (κ1) is 14.0. The fourth-order valence-electron chi connectivity index (χ4n) is 2.47. The molecule has 0 aromatic carbocycles. The van der Waals surface area contributed by atoms with E-state index in [9.17, 15) is 0 Å². The predicted octanol–water partition coefficient (Wildman–Crippen LogP) is 3.97. The van der Waals surface area contributed by atoms with E-state index in [0.29, 0.717) is 5.92 Å². The molecule has 2 unspecified atom stereocenters. The molecule has 0 aliphatic carbocycles. The van der Waals surface area contributed by atoms with E-state index in [4.69, 9.17) is 5.73 Å². The third-order valence-corrected chi connectivity index (χ3v) is 3.26. The van der Waals surface area contributed by atoms with Crippen molar-refractivity contribution < 1.29 is 0 Å². The molecule has 0 heterocycles. The second-order valence-electron chi connectivity index (χ2n) is 5.34. The van der Waals surface area contributed by atoms with E-state index in [1.54, 1.807) is 0 Å². The maximum atomic E-state index is 6.25. The van der Waals surface area contributed by atoms with Gasteiger partial charge in [-0.05, 0) is 32.1 Å². The van der Waals surface area contributed by atoms with Gasteiger partial charge in [0.25, 0.3) is 0 Å². The van der Waals surface area contributed by atoms with E-state index in [0.717, 1.165) is 5.92 Å². The molecule has 0 radical (unpaired) electrons. The van der Waals surface area contributed by atoms with E-state index in [1.807, 2.05) is 0 Å². The number of hydrogen-bond acceptors (Lipinski definition) is 1. The van der Waals surface area contributed by atoms with Gasteiger partial charge in [0.2, 0.25) is 0 Å². The van der Waals surface area contributed by atoms with Crippen molar-refractivity contribution in [1.82, 2.24) is 0 Å². The second-order valence-corrected chi connectivity index (χ2v) is 5.34. The van der Waals surface area contributed by atoms with E-state index in [1.165, 1.54) is 32.1 Å². The molecule has 0 aromatic heterocycles. The molecular formula is C13H29N. The van der Waals surface area contributed by atoms with Crippen LogP contribution in [0.5, 0.6) is 0 Å². The molecule has 1 nitrogen and oxygen atoms in total. The lowest BCUT2D eigenvalue weighted by Gasteiger charge is -2.35. The summed E-state index contributed by atoms with van der Waals surface area (Å²) in [7, 11) is 0. The highest BCUT2D eigenvalue weighted by Crippen LogP contribution is 2.30. The van der Waals surface area contributed by atoms with Gasteiger partial charge in [-0.2, -0.15) is 0 Å². The number of unbranched alkanes of at least 4 members (excludes halogenated alkanes) is 1. The maximum absolute atomic E-state index is 6.25. The van der Waals surface area contributed by atoms with E-state index in [2.05, 4.69) is 34.6 Å². The van der Waals surface area contributed by atoms with Crippen LogP contribution in [0.4, 0.5) is 0 Å². The minimum Gasteiger partial charge on any atom is -0.325 e. The van der Waals surface area contributed by atoms with Crippen LogP contribution in [0.1, 0.15) is 66.7 Å². The van der Waals surface area contributed by atoms with Crippen LogP contribution >= 0.6 is 0 Å². The van der Waals surface area contributed by atoms with Crippen molar-refractivity contribution in [2.45, 2.75) is 72.3 Å². The van der Waals surface area contributed by atoms with E-state index < -0.39 is 0 Å². The van der Waals surface area contributed by atoms with E-state index >= 15 is 0 Å². The molecule has 86 valence electrons. The first-order chi connectivity index (χ1) is 6.43. The maximum Gasteiger partial charge on any atom is 0.0128 e. The Kier molecular flexibility index (Phi) is 6.43. The molecule has 0 spiro atoms.